The molecule has 0 aliphatic carbocycles. The lowest BCUT2D eigenvalue weighted by Gasteiger charge is -2.47. The maximum Gasteiger partial charge on any atom is 0.343 e. The molecule has 0 aromatic rings. The van der Waals surface area contributed by atoms with E-state index in [1.54, 1.807) is 0 Å². The lowest BCUT2D eigenvalue weighted by atomic mass is 9.79. The van der Waals surface area contributed by atoms with E-state index in [1.165, 1.54) is 257 Å². The van der Waals surface area contributed by atoms with Crippen molar-refractivity contribution < 1.29 is 53.4 Å². The van der Waals surface area contributed by atoms with Crippen LogP contribution in [0.1, 0.15) is 439 Å². The van der Waals surface area contributed by atoms with E-state index in [2.05, 4.69) is 27.7 Å². The molecule has 0 saturated carbocycles. The molecule has 11 nitrogen and oxygen atoms in total. The minimum Gasteiger partial charge on any atom is -0.417 e. The van der Waals surface area contributed by atoms with Crippen LogP contribution in [0, 0.1) is 5.41 Å². The third kappa shape index (κ3) is 51.8. The molecule has 11 heteroatoms. The highest BCUT2D eigenvalue weighted by atomic mass is 16.8. The third-order valence-electron chi connectivity index (χ3n) is 18.9. The Morgan fingerprint density at radius 1 is 0.236 bits per heavy atom. The van der Waals surface area contributed by atoms with Crippen molar-refractivity contribution in [3.63, 3.8) is 0 Å². The highest BCUT2D eigenvalue weighted by molar-refractivity contribution is 5.74. The standard InChI is InChI=1S/C78H150O11/c1-5-9-13-17-21-25-29-33-37-41-45-49-53-57-61-65-72(82)86-76(87-73(83)66-62-58-54-50-46-42-38-34-30-26-22-18-14-10-6-2)78(77(69-79,70-80)71-81,88-74(84)67-63-59-55-51-47-43-39-35-31-27-23-19-15-11-7-3)89-75(85)68-64-60-56-52-48-44-40-36-32-28-24-20-16-12-8-4/h76,79-81H,5-71H2,1-4H3. The number of aliphatic hydroxyl groups excluding tert-OH is 3. The summed E-state index contributed by atoms with van der Waals surface area (Å²) in [7, 11) is 0. The number of rotatable bonds is 73. The van der Waals surface area contributed by atoms with E-state index in [9.17, 15) is 34.5 Å². The molecule has 0 fully saturated rings. The number of ether oxygens (including phenoxy) is 4. The number of hydrogen-bond acceptors (Lipinski definition) is 11. The van der Waals surface area contributed by atoms with Crippen molar-refractivity contribution in [3.05, 3.63) is 0 Å². The number of esters is 4. The van der Waals surface area contributed by atoms with E-state index in [0.29, 0.717) is 25.7 Å². The first-order valence-corrected chi connectivity index (χ1v) is 39.3. The molecular formula is C78H150O11. The Labute approximate surface area is 550 Å². The van der Waals surface area contributed by atoms with Crippen molar-refractivity contribution in [2.24, 2.45) is 5.41 Å². The molecular weight excluding hydrogens is 1110 g/mol. The van der Waals surface area contributed by atoms with Crippen LogP contribution < -0.4 is 0 Å². The van der Waals surface area contributed by atoms with Crippen LogP contribution in [-0.2, 0) is 38.1 Å². The van der Waals surface area contributed by atoms with Crippen LogP contribution >= 0.6 is 0 Å². The molecule has 0 saturated heterocycles. The SMILES string of the molecule is CCCCCCCCCCCCCCCCCC(=O)OC(OC(=O)CCCCCCCCCCCCCCCCC)C(OC(=O)CCCCCCCCCCCCCCCCC)(OC(=O)CCCCCCCCCCCCCCCCC)C(CO)(CO)CO. The molecule has 0 amide bonds. The van der Waals surface area contributed by atoms with Gasteiger partial charge in [0.2, 0.25) is 0 Å². The van der Waals surface area contributed by atoms with Crippen molar-refractivity contribution in [2.45, 2.75) is 451 Å². The summed E-state index contributed by atoms with van der Waals surface area (Å²) >= 11 is 0. The number of hydrogen-bond donors (Lipinski definition) is 3. The Balaban J connectivity index is 6.18. The molecule has 0 aromatic heterocycles. The Hall–Kier alpha value is -2.24. The zero-order valence-electron chi connectivity index (χ0n) is 59.6. The van der Waals surface area contributed by atoms with Gasteiger partial charge in [0.1, 0.15) is 5.41 Å². The average molecular weight is 1260 g/mol. The van der Waals surface area contributed by atoms with Crippen LogP contribution in [0.3, 0.4) is 0 Å². The zero-order valence-corrected chi connectivity index (χ0v) is 59.6. The summed E-state index contributed by atoms with van der Waals surface area (Å²) in [6.45, 7) is 5.86. The fourth-order valence-corrected chi connectivity index (χ4v) is 12.6. The van der Waals surface area contributed by atoms with Gasteiger partial charge in [-0.25, -0.2) is 0 Å². The van der Waals surface area contributed by atoms with Crippen molar-refractivity contribution in [3.8, 4) is 0 Å². The summed E-state index contributed by atoms with van der Waals surface area (Å²) < 4.78 is 24.5. The van der Waals surface area contributed by atoms with Gasteiger partial charge in [0.25, 0.3) is 0 Å². The van der Waals surface area contributed by atoms with E-state index in [4.69, 9.17) is 18.9 Å². The highest BCUT2D eigenvalue weighted by Crippen LogP contribution is 2.42. The van der Waals surface area contributed by atoms with Crippen molar-refractivity contribution >= 4 is 23.9 Å². The predicted molar refractivity (Wildman–Crippen MR) is 373 cm³/mol. The fourth-order valence-electron chi connectivity index (χ4n) is 12.6. The van der Waals surface area contributed by atoms with Crippen LogP contribution in [0.2, 0.25) is 0 Å². The molecule has 89 heavy (non-hydrogen) atoms. The number of carbonyl (C=O) groups is 4. The molecule has 0 bridgehead atoms. The van der Waals surface area contributed by atoms with Gasteiger partial charge in [0, 0.05) is 25.7 Å². The van der Waals surface area contributed by atoms with Crippen molar-refractivity contribution in [2.75, 3.05) is 19.8 Å². The summed E-state index contributed by atoms with van der Waals surface area (Å²) in [6, 6.07) is 0. The fraction of sp³-hybridized carbons (Fsp3) is 0.949. The van der Waals surface area contributed by atoms with Crippen LogP contribution in [-0.4, -0.2) is 71.1 Å². The maximum absolute atomic E-state index is 14.3. The molecule has 0 rings (SSSR count). The second-order valence-electron chi connectivity index (χ2n) is 27.5. The van der Waals surface area contributed by atoms with E-state index in [-0.39, 0.29) is 25.7 Å². The number of unbranched alkanes of at least 4 members (excludes halogenated alkanes) is 56. The molecule has 0 heterocycles. The van der Waals surface area contributed by atoms with Crippen LogP contribution in [0.5, 0.6) is 0 Å². The van der Waals surface area contributed by atoms with Crippen molar-refractivity contribution in [1.82, 2.24) is 0 Å². The molecule has 0 aliphatic rings. The van der Waals surface area contributed by atoms with Gasteiger partial charge in [0.05, 0.1) is 19.8 Å². The summed E-state index contributed by atoms with van der Waals surface area (Å²) in [5.41, 5.74) is -2.34. The quantitative estimate of drug-likeness (QED) is 0.0301. The Kier molecular flexibility index (Phi) is 65.5. The van der Waals surface area contributed by atoms with Crippen LogP contribution in [0.15, 0.2) is 0 Å². The van der Waals surface area contributed by atoms with E-state index in [1.807, 2.05) is 0 Å². The number of carbonyl (C=O) groups excluding carboxylic acids is 4. The van der Waals surface area contributed by atoms with Gasteiger partial charge in [-0.1, -0.05) is 387 Å². The van der Waals surface area contributed by atoms with Gasteiger partial charge in [0.15, 0.2) is 0 Å². The first-order chi connectivity index (χ1) is 43.6. The van der Waals surface area contributed by atoms with Crippen LogP contribution in [0.4, 0.5) is 0 Å². The normalized spacial score (nSPS) is 11.9. The average Bonchev–Trinajstić information content (AvgIpc) is 0.823. The summed E-state index contributed by atoms with van der Waals surface area (Å²) in [6.07, 6.45) is 66.8. The minimum atomic E-state index is -2.90. The van der Waals surface area contributed by atoms with Gasteiger partial charge in [-0.2, -0.15) is 0 Å². The molecule has 0 spiro atoms. The Morgan fingerprint density at radius 2 is 0.382 bits per heavy atom. The molecule has 0 aliphatic heterocycles. The van der Waals surface area contributed by atoms with Crippen molar-refractivity contribution in [1.29, 1.82) is 0 Å². The summed E-state index contributed by atoms with van der Waals surface area (Å²) in [5.74, 6) is -6.14. The highest BCUT2D eigenvalue weighted by Gasteiger charge is 2.66. The molecule has 0 atom stereocenters. The topological polar surface area (TPSA) is 166 Å². The molecule has 528 valence electrons. The maximum atomic E-state index is 14.3. The largest absolute Gasteiger partial charge is 0.417 e. The van der Waals surface area contributed by atoms with Gasteiger partial charge < -0.3 is 34.3 Å². The zero-order chi connectivity index (χ0) is 65.1. The predicted octanol–water partition coefficient (Wildman–Crippen LogP) is 23.2. The smallest absolute Gasteiger partial charge is 0.343 e. The van der Waals surface area contributed by atoms with Crippen LogP contribution in [0.25, 0.3) is 0 Å². The van der Waals surface area contributed by atoms with E-state index >= 15 is 0 Å². The molecule has 0 radical (unpaired) electrons. The summed E-state index contributed by atoms with van der Waals surface area (Å²) in [5, 5.41) is 33.6. The molecule has 0 aromatic carbocycles. The Morgan fingerprint density at radius 3 is 0.539 bits per heavy atom. The summed E-state index contributed by atoms with van der Waals surface area (Å²) in [4.78, 5) is 56.7. The second-order valence-corrected chi connectivity index (χ2v) is 27.5. The van der Waals surface area contributed by atoms with Gasteiger partial charge >= 0.3 is 36.0 Å². The molecule has 3 N–H and O–H groups in total. The van der Waals surface area contributed by atoms with Gasteiger partial charge in [-0.15, -0.1) is 0 Å². The third-order valence-corrected chi connectivity index (χ3v) is 18.9. The van der Waals surface area contributed by atoms with E-state index < -0.39 is 61.2 Å². The lowest BCUT2D eigenvalue weighted by molar-refractivity contribution is -0.365. The van der Waals surface area contributed by atoms with E-state index in [0.717, 1.165) is 103 Å². The minimum absolute atomic E-state index is 0.0497. The second kappa shape index (κ2) is 67.2. The van der Waals surface area contributed by atoms with Gasteiger partial charge in [-0.3, -0.25) is 19.2 Å². The first-order valence-electron chi connectivity index (χ1n) is 39.3. The monoisotopic (exact) mass is 1260 g/mol. The molecule has 0 unspecified atom stereocenters. The first kappa shape index (κ1) is 86.8. The van der Waals surface area contributed by atoms with Gasteiger partial charge in [-0.05, 0) is 25.7 Å². The Bertz CT molecular complexity index is 1410. The number of aliphatic hydroxyl groups is 3. The lowest BCUT2D eigenvalue weighted by Crippen LogP contribution is -2.67.